The van der Waals surface area contributed by atoms with Gasteiger partial charge in [0.15, 0.2) is 5.16 Å². The van der Waals surface area contributed by atoms with E-state index in [1.165, 1.54) is 0 Å². The second-order valence-electron chi connectivity index (χ2n) is 4.44. The summed E-state index contributed by atoms with van der Waals surface area (Å²) in [6.07, 6.45) is 5.73. The Labute approximate surface area is 123 Å². The van der Waals surface area contributed by atoms with Gasteiger partial charge in [-0.2, -0.15) is 0 Å². The Morgan fingerprint density at radius 1 is 1.40 bits per heavy atom. The minimum absolute atomic E-state index is 0.708. The molecule has 2 heterocycles. The Hall–Kier alpha value is -1.76. The van der Waals surface area contributed by atoms with Crippen LogP contribution in [-0.4, -0.2) is 39.4 Å². The van der Waals surface area contributed by atoms with Crippen LogP contribution in [0.25, 0.3) is 0 Å². The van der Waals surface area contributed by atoms with Crippen molar-refractivity contribution in [2.24, 2.45) is 7.05 Å². The van der Waals surface area contributed by atoms with E-state index < -0.39 is 0 Å². The third-order valence-corrected chi connectivity index (χ3v) is 3.47. The molecule has 0 radical (unpaired) electrons. The van der Waals surface area contributed by atoms with Crippen molar-refractivity contribution in [2.45, 2.75) is 18.6 Å². The molecule has 7 heteroatoms. The smallest absolute Gasteiger partial charge is 0.191 e. The van der Waals surface area contributed by atoms with Crippen LogP contribution in [0.3, 0.4) is 0 Å². The number of nitrogens with zero attached hydrogens (tertiary/aromatic N) is 5. The molecular formula is C13H20N6S. The Kier molecular flexibility index (Phi) is 4.84. The molecule has 0 saturated carbocycles. The molecule has 0 bridgehead atoms. The van der Waals surface area contributed by atoms with Gasteiger partial charge in [0.05, 0.1) is 6.54 Å². The molecule has 20 heavy (non-hydrogen) atoms. The fraction of sp³-hybridized carbons (Fsp3) is 0.462. The molecule has 0 aliphatic carbocycles. The zero-order valence-electron chi connectivity index (χ0n) is 12.3. The normalized spacial score (nSPS) is 10.6. The van der Waals surface area contributed by atoms with Crippen molar-refractivity contribution in [2.75, 3.05) is 30.1 Å². The zero-order chi connectivity index (χ0) is 14.5. The van der Waals surface area contributed by atoms with Crippen LogP contribution in [0.1, 0.15) is 12.7 Å². The van der Waals surface area contributed by atoms with Gasteiger partial charge in [0.25, 0.3) is 0 Å². The van der Waals surface area contributed by atoms with Crippen LogP contribution in [0.2, 0.25) is 0 Å². The first kappa shape index (κ1) is 14.6. The maximum absolute atomic E-state index is 4.55. The molecule has 0 unspecified atom stereocenters. The summed E-state index contributed by atoms with van der Waals surface area (Å²) in [6, 6.07) is 1.96. The third kappa shape index (κ3) is 3.41. The number of hydrogen-bond acceptors (Lipinski definition) is 6. The SMILES string of the molecule is CCNc1cc(N(C)Cc2nccn2C)nc(SC)n1. The van der Waals surface area contributed by atoms with E-state index in [1.54, 1.807) is 18.0 Å². The molecular weight excluding hydrogens is 272 g/mol. The van der Waals surface area contributed by atoms with Crippen molar-refractivity contribution >= 4 is 23.4 Å². The zero-order valence-corrected chi connectivity index (χ0v) is 13.1. The molecule has 2 aromatic rings. The van der Waals surface area contributed by atoms with Crippen molar-refractivity contribution in [1.82, 2.24) is 19.5 Å². The average Bonchev–Trinajstić information content (AvgIpc) is 2.84. The van der Waals surface area contributed by atoms with Gasteiger partial charge < -0.3 is 14.8 Å². The summed E-state index contributed by atoms with van der Waals surface area (Å²) in [5.74, 6) is 2.75. The summed E-state index contributed by atoms with van der Waals surface area (Å²) >= 11 is 1.54. The van der Waals surface area contributed by atoms with Gasteiger partial charge in [0, 0.05) is 39.1 Å². The van der Waals surface area contributed by atoms with E-state index in [0.29, 0.717) is 6.54 Å². The van der Waals surface area contributed by atoms with Gasteiger partial charge in [-0.25, -0.2) is 15.0 Å². The standard InChI is InChI=1S/C13H20N6S/c1-5-14-10-8-11(17-13(16-10)20-4)19(3)9-12-15-6-7-18(12)2/h6-8H,5,9H2,1-4H3,(H,14,16,17). The van der Waals surface area contributed by atoms with Gasteiger partial charge >= 0.3 is 0 Å². The highest BCUT2D eigenvalue weighted by atomic mass is 32.2. The highest BCUT2D eigenvalue weighted by molar-refractivity contribution is 7.98. The molecule has 2 aromatic heterocycles. The molecule has 0 amide bonds. The fourth-order valence-corrected chi connectivity index (χ4v) is 2.19. The lowest BCUT2D eigenvalue weighted by atomic mass is 10.4. The lowest BCUT2D eigenvalue weighted by Crippen LogP contribution is -2.20. The number of anilines is 2. The molecule has 0 spiro atoms. The number of rotatable bonds is 6. The fourth-order valence-electron chi connectivity index (χ4n) is 1.81. The second kappa shape index (κ2) is 6.60. The number of nitrogens with one attached hydrogen (secondary N) is 1. The number of thioether (sulfide) groups is 1. The first-order valence-corrected chi connectivity index (χ1v) is 7.70. The summed E-state index contributed by atoms with van der Waals surface area (Å²) in [4.78, 5) is 15.4. The van der Waals surface area contributed by atoms with E-state index in [0.717, 1.165) is 29.2 Å². The van der Waals surface area contributed by atoms with Gasteiger partial charge in [-0.3, -0.25) is 0 Å². The molecule has 0 saturated heterocycles. The highest BCUT2D eigenvalue weighted by Gasteiger charge is 2.10. The molecule has 0 aliphatic rings. The number of aromatic nitrogens is 4. The summed E-state index contributed by atoms with van der Waals surface area (Å²) in [6.45, 7) is 3.60. The third-order valence-electron chi connectivity index (χ3n) is 2.92. The van der Waals surface area contributed by atoms with Crippen molar-refractivity contribution < 1.29 is 0 Å². The van der Waals surface area contributed by atoms with Gasteiger partial charge in [-0.15, -0.1) is 0 Å². The summed E-state index contributed by atoms with van der Waals surface area (Å²) in [5.41, 5.74) is 0. The first-order chi connectivity index (χ1) is 9.63. The Morgan fingerprint density at radius 2 is 2.20 bits per heavy atom. The molecule has 0 fully saturated rings. The Morgan fingerprint density at radius 3 is 2.80 bits per heavy atom. The van der Waals surface area contributed by atoms with E-state index in [4.69, 9.17) is 0 Å². The molecule has 108 valence electrons. The largest absolute Gasteiger partial charge is 0.370 e. The quantitative estimate of drug-likeness (QED) is 0.649. The maximum Gasteiger partial charge on any atom is 0.191 e. The van der Waals surface area contributed by atoms with Crippen LogP contribution in [0.4, 0.5) is 11.6 Å². The molecule has 2 rings (SSSR count). The lowest BCUT2D eigenvalue weighted by molar-refractivity contribution is 0.749. The number of imidazole rings is 1. The van der Waals surface area contributed by atoms with E-state index in [9.17, 15) is 0 Å². The van der Waals surface area contributed by atoms with Crippen LogP contribution < -0.4 is 10.2 Å². The Balaban J connectivity index is 2.22. The van der Waals surface area contributed by atoms with Crippen LogP contribution >= 0.6 is 11.8 Å². The van der Waals surface area contributed by atoms with Gasteiger partial charge in [-0.05, 0) is 13.2 Å². The van der Waals surface area contributed by atoms with Crippen LogP contribution in [-0.2, 0) is 13.6 Å². The molecule has 0 atom stereocenters. The lowest BCUT2D eigenvalue weighted by Gasteiger charge is -2.19. The van der Waals surface area contributed by atoms with Crippen molar-refractivity contribution in [3.8, 4) is 0 Å². The predicted molar refractivity (Wildman–Crippen MR) is 83.3 cm³/mol. The van der Waals surface area contributed by atoms with E-state index >= 15 is 0 Å². The number of hydrogen-bond donors (Lipinski definition) is 1. The van der Waals surface area contributed by atoms with Crippen molar-refractivity contribution in [3.63, 3.8) is 0 Å². The molecule has 0 aliphatic heterocycles. The van der Waals surface area contributed by atoms with Crippen molar-refractivity contribution in [1.29, 1.82) is 0 Å². The average molecular weight is 292 g/mol. The van der Waals surface area contributed by atoms with E-state index in [1.807, 2.05) is 37.2 Å². The van der Waals surface area contributed by atoms with Crippen LogP contribution in [0, 0.1) is 0 Å². The molecule has 6 nitrogen and oxygen atoms in total. The highest BCUT2D eigenvalue weighted by Crippen LogP contribution is 2.20. The first-order valence-electron chi connectivity index (χ1n) is 6.48. The monoisotopic (exact) mass is 292 g/mol. The maximum atomic E-state index is 4.55. The topological polar surface area (TPSA) is 58.9 Å². The summed E-state index contributed by atoms with van der Waals surface area (Å²) in [7, 11) is 4.00. The number of aryl methyl sites for hydroxylation is 1. The second-order valence-corrected chi connectivity index (χ2v) is 5.21. The van der Waals surface area contributed by atoms with E-state index in [-0.39, 0.29) is 0 Å². The van der Waals surface area contributed by atoms with Crippen LogP contribution in [0.5, 0.6) is 0 Å². The summed E-state index contributed by atoms with van der Waals surface area (Å²) in [5, 5.41) is 4.00. The van der Waals surface area contributed by atoms with Crippen molar-refractivity contribution in [3.05, 3.63) is 24.3 Å². The minimum atomic E-state index is 0.708. The Bertz CT molecular complexity index is 568. The van der Waals surface area contributed by atoms with Gasteiger partial charge in [0.2, 0.25) is 0 Å². The minimum Gasteiger partial charge on any atom is -0.370 e. The predicted octanol–water partition coefficient (Wildman–Crippen LogP) is 2.00. The van der Waals surface area contributed by atoms with E-state index in [2.05, 4.69) is 32.1 Å². The van der Waals surface area contributed by atoms with Crippen LogP contribution in [0.15, 0.2) is 23.6 Å². The van der Waals surface area contributed by atoms with Gasteiger partial charge in [-0.1, -0.05) is 11.8 Å². The van der Waals surface area contributed by atoms with Gasteiger partial charge in [0.1, 0.15) is 17.5 Å². The summed E-state index contributed by atoms with van der Waals surface area (Å²) < 4.78 is 2.01. The molecule has 1 N–H and O–H groups in total. The molecule has 0 aromatic carbocycles.